The van der Waals surface area contributed by atoms with Crippen LogP contribution in [0.4, 0.5) is 0 Å². The van der Waals surface area contributed by atoms with Crippen LogP contribution in [0.3, 0.4) is 0 Å². The number of nitrogens with one attached hydrogen (secondary N) is 1. The Hall–Kier alpha value is -1.19. The number of ether oxygens (including phenoxy) is 1. The Morgan fingerprint density at radius 3 is 2.54 bits per heavy atom. The van der Waals surface area contributed by atoms with Crippen LogP contribution in [-0.4, -0.2) is 62.3 Å². The molecule has 9 heteroatoms. The molecule has 3 rings (SSSR count). The summed E-state index contributed by atoms with van der Waals surface area (Å²) >= 11 is 5.86. The van der Waals surface area contributed by atoms with Gasteiger partial charge in [-0.05, 0) is 30.5 Å². The van der Waals surface area contributed by atoms with E-state index in [-0.39, 0.29) is 18.4 Å². The van der Waals surface area contributed by atoms with Crippen molar-refractivity contribution in [2.45, 2.75) is 19.4 Å². The number of piperidine rings is 1. The Bertz CT molecular complexity index is 720. The van der Waals surface area contributed by atoms with Crippen molar-refractivity contribution in [2.75, 3.05) is 39.4 Å². The molecule has 0 bridgehead atoms. The van der Waals surface area contributed by atoms with Crippen LogP contribution in [0.15, 0.2) is 24.3 Å². The number of halogens is 1. The molecule has 0 spiro atoms. The topological polar surface area (TPSA) is 79.0 Å². The predicted molar refractivity (Wildman–Crippen MR) is 98.9 cm³/mol. The molecule has 26 heavy (non-hydrogen) atoms. The molecule has 2 aliphatic heterocycles. The summed E-state index contributed by atoms with van der Waals surface area (Å²) in [6.45, 7) is 2.66. The molecule has 1 aromatic rings. The highest BCUT2D eigenvalue weighted by Crippen LogP contribution is 2.22. The Morgan fingerprint density at radius 2 is 1.85 bits per heavy atom. The third kappa shape index (κ3) is 4.75. The predicted octanol–water partition coefficient (Wildman–Crippen LogP) is 1.25. The van der Waals surface area contributed by atoms with Gasteiger partial charge in [-0.15, -0.1) is 0 Å². The van der Waals surface area contributed by atoms with Gasteiger partial charge in [0.2, 0.25) is 5.91 Å². The van der Waals surface area contributed by atoms with Crippen LogP contribution in [0, 0.1) is 5.92 Å². The first-order valence-corrected chi connectivity index (χ1v) is 10.6. The van der Waals surface area contributed by atoms with Gasteiger partial charge >= 0.3 is 0 Å². The standard InChI is InChI=1S/C17H24ClN3O4S/c18-16-5-3-14(4-6-16)12-19-17(22)15-2-1-7-21(13-15)26(23,24)20-8-10-25-11-9-20/h3-6,15H,1-2,7-13H2,(H,19,22). The molecule has 2 aliphatic rings. The molecule has 1 aromatic carbocycles. The van der Waals surface area contributed by atoms with Crippen molar-refractivity contribution in [3.8, 4) is 0 Å². The van der Waals surface area contributed by atoms with Crippen molar-refractivity contribution in [1.82, 2.24) is 13.9 Å². The van der Waals surface area contributed by atoms with Gasteiger partial charge in [0, 0.05) is 37.7 Å². The summed E-state index contributed by atoms with van der Waals surface area (Å²) in [6.07, 6.45) is 1.38. The van der Waals surface area contributed by atoms with E-state index in [4.69, 9.17) is 16.3 Å². The van der Waals surface area contributed by atoms with Crippen LogP contribution in [0.5, 0.6) is 0 Å². The van der Waals surface area contributed by atoms with Gasteiger partial charge in [-0.3, -0.25) is 4.79 Å². The van der Waals surface area contributed by atoms with Crippen molar-refractivity contribution in [3.05, 3.63) is 34.9 Å². The van der Waals surface area contributed by atoms with E-state index < -0.39 is 10.2 Å². The molecule has 0 aliphatic carbocycles. The van der Waals surface area contributed by atoms with E-state index >= 15 is 0 Å². The fourth-order valence-corrected chi connectivity index (χ4v) is 5.03. The van der Waals surface area contributed by atoms with Crippen LogP contribution >= 0.6 is 11.6 Å². The SMILES string of the molecule is O=C(NCc1ccc(Cl)cc1)C1CCCN(S(=O)(=O)N2CCOCC2)C1. The lowest BCUT2D eigenvalue weighted by Crippen LogP contribution is -2.52. The van der Waals surface area contributed by atoms with Gasteiger partial charge in [0.25, 0.3) is 10.2 Å². The summed E-state index contributed by atoms with van der Waals surface area (Å²) < 4.78 is 33.7. The van der Waals surface area contributed by atoms with Gasteiger partial charge in [0.15, 0.2) is 0 Å². The third-order valence-corrected chi connectivity index (χ3v) is 7.01. The van der Waals surface area contributed by atoms with E-state index in [9.17, 15) is 13.2 Å². The molecule has 0 saturated carbocycles. The van der Waals surface area contributed by atoms with E-state index in [2.05, 4.69) is 5.32 Å². The van der Waals surface area contributed by atoms with Crippen molar-refractivity contribution in [3.63, 3.8) is 0 Å². The molecule has 144 valence electrons. The van der Waals surface area contributed by atoms with Gasteiger partial charge in [-0.25, -0.2) is 0 Å². The highest BCUT2D eigenvalue weighted by Gasteiger charge is 2.36. The molecule has 2 fully saturated rings. The van der Waals surface area contributed by atoms with E-state index in [1.54, 1.807) is 12.1 Å². The number of nitrogens with zero attached hydrogens (tertiary/aromatic N) is 2. The second-order valence-corrected chi connectivity index (χ2v) is 8.93. The minimum Gasteiger partial charge on any atom is -0.379 e. The molecule has 1 N–H and O–H groups in total. The van der Waals surface area contributed by atoms with E-state index in [0.717, 1.165) is 5.56 Å². The minimum atomic E-state index is -3.53. The lowest BCUT2D eigenvalue weighted by atomic mass is 9.99. The minimum absolute atomic E-state index is 0.109. The van der Waals surface area contributed by atoms with E-state index in [0.29, 0.717) is 57.3 Å². The second kappa shape index (κ2) is 8.67. The molecule has 7 nitrogen and oxygen atoms in total. The van der Waals surface area contributed by atoms with E-state index in [1.165, 1.54) is 8.61 Å². The molecule has 1 atom stereocenters. The van der Waals surface area contributed by atoms with Crippen molar-refractivity contribution >= 4 is 27.7 Å². The molecule has 1 amide bonds. The third-order valence-electron chi connectivity index (χ3n) is 4.76. The van der Waals surface area contributed by atoms with Crippen molar-refractivity contribution in [1.29, 1.82) is 0 Å². The van der Waals surface area contributed by atoms with Crippen LogP contribution in [0.2, 0.25) is 5.02 Å². The maximum Gasteiger partial charge on any atom is 0.282 e. The number of carbonyl (C=O) groups excluding carboxylic acids is 1. The quantitative estimate of drug-likeness (QED) is 0.805. The summed E-state index contributed by atoms with van der Waals surface area (Å²) in [5, 5.41) is 3.55. The number of hydrogen-bond donors (Lipinski definition) is 1. The molecular formula is C17H24ClN3O4S. The van der Waals surface area contributed by atoms with Crippen LogP contribution in [0.1, 0.15) is 18.4 Å². The Morgan fingerprint density at radius 1 is 1.15 bits per heavy atom. The summed E-state index contributed by atoms with van der Waals surface area (Å²) in [5.41, 5.74) is 0.955. The molecular weight excluding hydrogens is 378 g/mol. The second-order valence-electron chi connectivity index (χ2n) is 6.56. The molecule has 0 aromatic heterocycles. The van der Waals surface area contributed by atoms with Gasteiger partial charge in [-0.1, -0.05) is 23.7 Å². The van der Waals surface area contributed by atoms with Gasteiger partial charge in [-0.2, -0.15) is 17.0 Å². The summed E-state index contributed by atoms with van der Waals surface area (Å²) in [6, 6.07) is 7.28. The Labute approximate surface area is 159 Å². The Balaban J connectivity index is 1.56. The summed E-state index contributed by atoms with van der Waals surface area (Å²) in [7, 11) is -3.53. The summed E-state index contributed by atoms with van der Waals surface area (Å²) in [4.78, 5) is 12.5. The average molecular weight is 402 g/mol. The van der Waals surface area contributed by atoms with Crippen LogP contribution < -0.4 is 5.32 Å². The fourth-order valence-electron chi connectivity index (χ4n) is 3.24. The first kappa shape index (κ1) is 19.6. The maximum absolute atomic E-state index is 12.8. The lowest BCUT2D eigenvalue weighted by Gasteiger charge is -2.36. The van der Waals surface area contributed by atoms with Crippen LogP contribution in [-0.2, 0) is 26.3 Å². The number of carbonyl (C=O) groups is 1. The number of amides is 1. The zero-order valence-electron chi connectivity index (χ0n) is 14.6. The number of hydrogen-bond acceptors (Lipinski definition) is 4. The first-order chi connectivity index (χ1) is 12.5. The lowest BCUT2D eigenvalue weighted by molar-refractivity contribution is -0.126. The molecule has 1 unspecified atom stereocenters. The Kier molecular flexibility index (Phi) is 6.52. The van der Waals surface area contributed by atoms with Gasteiger partial charge < -0.3 is 10.1 Å². The average Bonchev–Trinajstić information content (AvgIpc) is 2.68. The first-order valence-electron chi connectivity index (χ1n) is 8.82. The largest absolute Gasteiger partial charge is 0.379 e. The monoisotopic (exact) mass is 401 g/mol. The molecule has 0 radical (unpaired) electrons. The fraction of sp³-hybridized carbons (Fsp3) is 0.588. The maximum atomic E-state index is 12.8. The zero-order valence-corrected chi connectivity index (χ0v) is 16.1. The molecule has 2 heterocycles. The highest BCUT2D eigenvalue weighted by atomic mass is 35.5. The smallest absolute Gasteiger partial charge is 0.282 e. The van der Waals surface area contributed by atoms with Crippen molar-refractivity contribution < 1.29 is 17.9 Å². The highest BCUT2D eigenvalue weighted by molar-refractivity contribution is 7.86. The molecule has 2 saturated heterocycles. The van der Waals surface area contributed by atoms with Gasteiger partial charge in [0.05, 0.1) is 19.1 Å². The number of rotatable bonds is 5. The van der Waals surface area contributed by atoms with Crippen LogP contribution in [0.25, 0.3) is 0 Å². The van der Waals surface area contributed by atoms with Crippen molar-refractivity contribution in [2.24, 2.45) is 5.92 Å². The number of benzene rings is 1. The van der Waals surface area contributed by atoms with E-state index in [1.807, 2.05) is 12.1 Å². The zero-order chi connectivity index (χ0) is 18.6. The number of morpholine rings is 1. The normalized spacial score (nSPS) is 22.9. The van der Waals surface area contributed by atoms with Gasteiger partial charge in [0.1, 0.15) is 0 Å². The summed E-state index contributed by atoms with van der Waals surface area (Å²) in [5.74, 6) is -0.436.